The molecule has 2 aromatic heterocycles. The number of halogens is 1. The van der Waals surface area contributed by atoms with Gasteiger partial charge in [-0.3, -0.25) is 9.59 Å². The molecule has 0 bridgehead atoms. The van der Waals surface area contributed by atoms with Gasteiger partial charge in [-0.2, -0.15) is 0 Å². The molecular formula is C22H18BrN3O5. The number of carbonyl (C=O) groups excluding carboxylic acids is 1. The number of aromatic nitrogens is 2. The van der Waals surface area contributed by atoms with E-state index in [9.17, 15) is 9.59 Å². The number of anilines is 1. The van der Waals surface area contributed by atoms with Crippen LogP contribution in [0.2, 0.25) is 0 Å². The van der Waals surface area contributed by atoms with Crippen LogP contribution in [-0.2, 0) is 11.4 Å². The number of benzene rings is 2. The van der Waals surface area contributed by atoms with Gasteiger partial charge in [-0.15, -0.1) is 4.57 Å². The minimum absolute atomic E-state index is 0.0966. The summed E-state index contributed by atoms with van der Waals surface area (Å²) in [5.74, 6) is 1.41. The van der Waals surface area contributed by atoms with Crippen molar-refractivity contribution in [2.75, 3.05) is 11.9 Å². The highest BCUT2D eigenvalue weighted by molar-refractivity contribution is 9.10. The second-order valence-electron chi connectivity index (χ2n) is 6.70. The summed E-state index contributed by atoms with van der Waals surface area (Å²) in [6.07, 6.45) is 0. The molecule has 0 spiro atoms. The lowest BCUT2D eigenvalue weighted by Crippen LogP contribution is -2.20. The summed E-state index contributed by atoms with van der Waals surface area (Å²) in [6.45, 7) is 1.72. The zero-order valence-corrected chi connectivity index (χ0v) is 18.1. The summed E-state index contributed by atoms with van der Waals surface area (Å²) < 4.78 is 18.5. The monoisotopic (exact) mass is 483 g/mol. The molecule has 0 saturated heterocycles. The van der Waals surface area contributed by atoms with Crippen molar-refractivity contribution < 1.29 is 18.8 Å². The van der Waals surface area contributed by atoms with E-state index in [1.807, 2.05) is 12.1 Å². The molecule has 0 fully saturated rings. The molecule has 0 aliphatic heterocycles. The summed E-state index contributed by atoms with van der Waals surface area (Å²) in [6, 6.07) is 17.2. The van der Waals surface area contributed by atoms with Crippen molar-refractivity contribution in [2.45, 2.75) is 13.5 Å². The molecule has 158 valence electrons. The van der Waals surface area contributed by atoms with Crippen LogP contribution in [0.1, 0.15) is 11.5 Å². The normalized spacial score (nSPS) is 10.8. The zero-order chi connectivity index (χ0) is 21.8. The van der Waals surface area contributed by atoms with Crippen molar-refractivity contribution in [2.24, 2.45) is 0 Å². The Bertz CT molecular complexity index is 1300. The largest absolute Gasteiger partial charge is 0.487 e. The number of hydrogen-bond donors (Lipinski definition) is 1. The Morgan fingerprint density at radius 2 is 1.87 bits per heavy atom. The first-order valence-electron chi connectivity index (χ1n) is 9.37. The van der Waals surface area contributed by atoms with Gasteiger partial charge in [-0.25, -0.2) is 4.98 Å². The molecule has 31 heavy (non-hydrogen) atoms. The number of amides is 1. The number of nitrogens with zero attached hydrogens (tertiary/aromatic N) is 2. The van der Waals surface area contributed by atoms with Crippen LogP contribution in [0.15, 0.2) is 74.5 Å². The van der Waals surface area contributed by atoms with E-state index in [1.54, 1.807) is 49.4 Å². The number of ether oxygens (including phenoxy) is 2. The lowest BCUT2D eigenvalue weighted by molar-refractivity contribution is -0.118. The van der Waals surface area contributed by atoms with Crippen molar-refractivity contribution in [1.29, 1.82) is 0 Å². The van der Waals surface area contributed by atoms with Crippen LogP contribution in [-0.4, -0.2) is 22.1 Å². The fraction of sp³-hybridized carbons (Fsp3) is 0.136. The van der Waals surface area contributed by atoms with E-state index < -0.39 is 0 Å². The highest BCUT2D eigenvalue weighted by Crippen LogP contribution is 2.20. The Hall–Kier alpha value is -3.59. The lowest BCUT2D eigenvalue weighted by Gasteiger charge is -2.10. The Morgan fingerprint density at radius 3 is 2.68 bits per heavy atom. The van der Waals surface area contributed by atoms with Gasteiger partial charge in [-0.1, -0.05) is 28.1 Å². The third kappa shape index (κ3) is 5.32. The third-order valence-corrected chi connectivity index (χ3v) is 4.69. The molecule has 2 heterocycles. The number of hydrogen-bond acceptors (Lipinski definition) is 6. The number of fused-ring (bicyclic) bond motifs is 1. The second-order valence-corrected chi connectivity index (χ2v) is 7.61. The molecule has 8 nitrogen and oxygen atoms in total. The second kappa shape index (κ2) is 9.05. The summed E-state index contributed by atoms with van der Waals surface area (Å²) in [7, 11) is 0. The molecule has 0 aliphatic rings. The van der Waals surface area contributed by atoms with E-state index in [4.69, 9.17) is 14.0 Å². The SMILES string of the molecule is Cc1cc2nc(COc3cccc(NC(=O)COc4cccc(Br)c4)c3)cc(=O)n2o1. The van der Waals surface area contributed by atoms with Crippen LogP contribution in [0.25, 0.3) is 5.65 Å². The van der Waals surface area contributed by atoms with E-state index in [0.29, 0.717) is 34.3 Å². The average molecular weight is 484 g/mol. The Labute approximate surface area is 185 Å². The third-order valence-electron chi connectivity index (χ3n) is 4.19. The maximum absolute atomic E-state index is 12.2. The van der Waals surface area contributed by atoms with Crippen LogP contribution >= 0.6 is 15.9 Å². The molecule has 4 aromatic rings. The van der Waals surface area contributed by atoms with Crippen LogP contribution in [0.3, 0.4) is 0 Å². The maximum Gasteiger partial charge on any atom is 0.287 e. The minimum Gasteiger partial charge on any atom is -0.487 e. The quantitative estimate of drug-likeness (QED) is 0.427. The molecule has 9 heteroatoms. The smallest absolute Gasteiger partial charge is 0.287 e. The fourth-order valence-electron chi connectivity index (χ4n) is 2.87. The first kappa shape index (κ1) is 20.7. The average Bonchev–Trinajstić information content (AvgIpc) is 3.12. The van der Waals surface area contributed by atoms with Crippen molar-refractivity contribution in [3.05, 3.63) is 86.9 Å². The van der Waals surface area contributed by atoms with Gasteiger partial charge in [0.05, 0.1) is 5.69 Å². The molecule has 4 rings (SSSR count). The molecule has 0 saturated carbocycles. The Kier molecular flexibility index (Phi) is 6.03. The van der Waals surface area contributed by atoms with Gasteiger partial charge in [0.25, 0.3) is 11.5 Å². The van der Waals surface area contributed by atoms with Gasteiger partial charge >= 0.3 is 0 Å². The van der Waals surface area contributed by atoms with Gasteiger partial charge in [-0.05, 0) is 37.3 Å². The fourth-order valence-corrected chi connectivity index (χ4v) is 3.25. The van der Waals surface area contributed by atoms with Gasteiger partial charge in [0.15, 0.2) is 12.3 Å². The zero-order valence-electron chi connectivity index (χ0n) is 16.5. The molecule has 0 radical (unpaired) electrons. The van der Waals surface area contributed by atoms with E-state index in [-0.39, 0.29) is 24.7 Å². The summed E-state index contributed by atoms with van der Waals surface area (Å²) in [5.41, 5.74) is 1.15. The van der Waals surface area contributed by atoms with Gasteiger partial charge in [0.2, 0.25) is 0 Å². The van der Waals surface area contributed by atoms with Crippen molar-refractivity contribution >= 4 is 33.2 Å². The van der Waals surface area contributed by atoms with Crippen molar-refractivity contribution in [3.63, 3.8) is 0 Å². The van der Waals surface area contributed by atoms with Crippen LogP contribution in [0.5, 0.6) is 11.5 Å². The first-order chi connectivity index (χ1) is 15.0. The standard InChI is InChI=1S/C22H18BrN3O5/c1-14-8-20-24-17(11-22(28)26(20)31-14)12-29-19-7-3-5-16(10-19)25-21(27)13-30-18-6-2-4-15(23)9-18/h2-11H,12-13H2,1H3,(H,25,27). The lowest BCUT2D eigenvalue weighted by atomic mass is 10.3. The molecular weight excluding hydrogens is 466 g/mol. The molecule has 0 unspecified atom stereocenters. The highest BCUT2D eigenvalue weighted by Gasteiger charge is 2.09. The van der Waals surface area contributed by atoms with E-state index in [0.717, 1.165) is 9.05 Å². The van der Waals surface area contributed by atoms with Crippen LogP contribution in [0, 0.1) is 6.92 Å². The van der Waals surface area contributed by atoms with Gasteiger partial charge < -0.3 is 19.3 Å². The van der Waals surface area contributed by atoms with E-state index in [1.165, 1.54) is 6.07 Å². The molecule has 2 aromatic carbocycles. The predicted octanol–water partition coefficient (Wildman–Crippen LogP) is 3.95. The maximum atomic E-state index is 12.2. The number of carbonyl (C=O) groups is 1. The molecule has 1 N–H and O–H groups in total. The van der Waals surface area contributed by atoms with Crippen LogP contribution < -0.4 is 20.3 Å². The van der Waals surface area contributed by atoms with E-state index in [2.05, 4.69) is 26.2 Å². The Balaban J connectivity index is 1.36. The number of aryl methyl sites for hydroxylation is 1. The van der Waals surface area contributed by atoms with Crippen LogP contribution in [0.4, 0.5) is 5.69 Å². The molecule has 1 amide bonds. The molecule has 0 atom stereocenters. The van der Waals surface area contributed by atoms with Crippen molar-refractivity contribution in [1.82, 2.24) is 9.56 Å². The minimum atomic E-state index is -0.317. The summed E-state index contributed by atoms with van der Waals surface area (Å²) in [5, 5.41) is 2.76. The van der Waals surface area contributed by atoms with E-state index >= 15 is 0 Å². The number of rotatable bonds is 7. The summed E-state index contributed by atoms with van der Waals surface area (Å²) >= 11 is 3.36. The first-order valence-corrected chi connectivity index (χ1v) is 10.2. The highest BCUT2D eigenvalue weighted by atomic mass is 79.9. The summed E-state index contributed by atoms with van der Waals surface area (Å²) in [4.78, 5) is 28.6. The van der Waals surface area contributed by atoms with Crippen molar-refractivity contribution in [3.8, 4) is 11.5 Å². The topological polar surface area (TPSA) is 95.1 Å². The van der Waals surface area contributed by atoms with Gasteiger partial charge in [0.1, 0.15) is 23.9 Å². The number of nitrogens with one attached hydrogen (secondary N) is 1. The van der Waals surface area contributed by atoms with Gasteiger partial charge in [0, 0.05) is 28.4 Å². The molecule has 0 aliphatic carbocycles. The Morgan fingerprint density at radius 1 is 1.10 bits per heavy atom. The predicted molar refractivity (Wildman–Crippen MR) is 118 cm³/mol.